The van der Waals surface area contributed by atoms with Crippen molar-refractivity contribution in [1.29, 1.82) is 0 Å². The van der Waals surface area contributed by atoms with E-state index in [0.717, 1.165) is 17.9 Å². The van der Waals surface area contributed by atoms with E-state index in [9.17, 15) is 5.11 Å². The zero-order chi connectivity index (χ0) is 14.4. The molecule has 2 aliphatic rings. The lowest BCUT2D eigenvalue weighted by Crippen LogP contribution is -2.36. The number of hydrogen-bond donors (Lipinski definition) is 1. The third-order valence-electron chi connectivity index (χ3n) is 5.72. The van der Waals surface area contributed by atoms with Gasteiger partial charge in [0.05, 0.1) is 6.10 Å². The zero-order valence-corrected chi connectivity index (χ0v) is 12.6. The maximum absolute atomic E-state index is 11.0. The number of hydrogen-bond acceptors (Lipinski definition) is 2. The highest BCUT2D eigenvalue weighted by Crippen LogP contribution is 2.44. The van der Waals surface area contributed by atoms with Crippen molar-refractivity contribution in [3.63, 3.8) is 0 Å². The van der Waals surface area contributed by atoms with Gasteiger partial charge < -0.3 is 5.11 Å². The molecule has 21 heavy (non-hydrogen) atoms. The number of likely N-dealkylation sites (N-methyl/N-ethyl adjacent to an activating group) is 1. The van der Waals surface area contributed by atoms with E-state index >= 15 is 0 Å². The van der Waals surface area contributed by atoms with Crippen molar-refractivity contribution < 1.29 is 5.11 Å². The first-order valence-corrected chi connectivity index (χ1v) is 8.13. The quantitative estimate of drug-likeness (QED) is 0.906. The lowest BCUT2D eigenvalue weighted by Gasteiger charge is -2.29. The van der Waals surface area contributed by atoms with Gasteiger partial charge in [-0.2, -0.15) is 0 Å². The molecule has 1 N–H and O–H groups in total. The van der Waals surface area contributed by atoms with E-state index in [1.54, 1.807) is 0 Å². The minimum absolute atomic E-state index is 0.270. The molecule has 0 radical (unpaired) electrons. The van der Waals surface area contributed by atoms with Gasteiger partial charge in [-0.25, -0.2) is 0 Å². The van der Waals surface area contributed by atoms with Gasteiger partial charge in [-0.3, -0.25) is 4.90 Å². The summed E-state index contributed by atoms with van der Waals surface area (Å²) in [5, 5.41) is 13.4. The van der Waals surface area contributed by atoms with Crippen LogP contribution in [0.25, 0.3) is 10.8 Å². The standard InChI is InChI=1S/C19H23NO/c1-20-17-11-5-8-14(17)12-18(20)19(21)16-10-4-7-13-6-2-3-9-15(13)16/h2-4,6-7,9-10,14,17-19,21H,5,8,11-12H2,1H3/t14-,17-,18-,19+/m1/s1. The van der Waals surface area contributed by atoms with Crippen LogP contribution in [0.3, 0.4) is 0 Å². The molecule has 0 spiro atoms. The Bertz CT molecular complexity index is 648. The minimum atomic E-state index is -0.383. The Morgan fingerprint density at radius 2 is 1.90 bits per heavy atom. The molecule has 4 rings (SSSR count). The van der Waals surface area contributed by atoms with Crippen molar-refractivity contribution in [3.05, 3.63) is 48.0 Å². The van der Waals surface area contributed by atoms with E-state index in [2.05, 4.69) is 54.4 Å². The maximum atomic E-state index is 11.0. The molecule has 2 nitrogen and oxygen atoms in total. The van der Waals surface area contributed by atoms with Gasteiger partial charge in [-0.15, -0.1) is 0 Å². The molecule has 1 saturated heterocycles. The smallest absolute Gasteiger partial charge is 0.0951 e. The Hall–Kier alpha value is -1.38. The summed E-state index contributed by atoms with van der Waals surface area (Å²) in [4.78, 5) is 2.45. The van der Waals surface area contributed by atoms with Crippen LogP contribution in [-0.4, -0.2) is 29.1 Å². The molecular formula is C19H23NO. The molecule has 0 aromatic heterocycles. The van der Waals surface area contributed by atoms with E-state index < -0.39 is 0 Å². The van der Waals surface area contributed by atoms with Crippen LogP contribution >= 0.6 is 0 Å². The summed E-state index contributed by atoms with van der Waals surface area (Å²) >= 11 is 0. The topological polar surface area (TPSA) is 23.5 Å². The molecular weight excluding hydrogens is 258 g/mol. The van der Waals surface area contributed by atoms with E-state index in [4.69, 9.17) is 0 Å². The van der Waals surface area contributed by atoms with Gasteiger partial charge in [0.1, 0.15) is 0 Å². The van der Waals surface area contributed by atoms with Gasteiger partial charge in [-0.05, 0) is 48.6 Å². The average Bonchev–Trinajstić information content (AvgIpc) is 3.09. The molecule has 1 saturated carbocycles. The maximum Gasteiger partial charge on any atom is 0.0951 e. The third-order valence-corrected chi connectivity index (χ3v) is 5.72. The van der Waals surface area contributed by atoms with E-state index in [0.29, 0.717) is 6.04 Å². The first kappa shape index (κ1) is 13.3. The molecule has 1 heterocycles. The fourth-order valence-electron chi connectivity index (χ4n) is 4.62. The fourth-order valence-corrected chi connectivity index (χ4v) is 4.62. The number of rotatable bonds is 2. The first-order valence-electron chi connectivity index (χ1n) is 8.13. The van der Waals surface area contributed by atoms with Crippen molar-refractivity contribution in [2.75, 3.05) is 7.05 Å². The molecule has 110 valence electrons. The van der Waals surface area contributed by atoms with Crippen LogP contribution in [0.4, 0.5) is 0 Å². The fraction of sp³-hybridized carbons (Fsp3) is 0.474. The van der Waals surface area contributed by atoms with E-state index in [-0.39, 0.29) is 12.1 Å². The lowest BCUT2D eigenvalue weighted by molar-refractivity contribution is 0.0719. The summed E-state index contributed by atoms with van der Waals surface area (Å²) in [5.74, 6) is 0.796. The van der Waals surface area contributed by atoms with Crippen LogP contribution in [0.15, 0.2) is 42.5 Å². The van der Waals surface area contributed by atoms with E-state index in [1.165, 1.54) is 30.0 Å². The number of fused-ring (bicyclic) bond motifs is 2. The number of benzene rings is 2. The summed E-state index contributed by atoms with van der Waals surface area (Å²) < 4.78 is 0. The predicted molar refractivity (Wildman–Crippen MR) is 86.2 cm³/mol. The summed E-state index contributed by atoms with van der Waals surface area (Å²) in [6.45, 7) is 0. The van der Waals surface area contributed by atoms with Crippen LogP contribution in [0.5, 0.6) is 0 Å². The van der Waals surface area contributed by atoms with Crippen LogP contribution in [-0.2, 0) is 0 Å². The molecule has 2 aromatic rings. The van der Waals surface area contributed by atoms with Crippen LogP contribution in [0, 0.1) is 5.92 Å². The van der Waals surface area contributed by atoms with Crippen LogP contribution in [0.1, 0.15) is 37.4 Å². The summed E-state index contributed by atoms with van der Waals surface area (Å²) in [6.07, 6.45) is 4.77. The van der Waals surface area contributed by atoms with Gasteiger partial charge in [0.25, 0.3) is 0 Å². The SMILES string of the molecule is CN1[C@@H]2CCC[C@@H]2C[C@@H]1[C@@H](O)c1cccc2ccccc12. The van der Waals surface area contributed by atoms with Gasteiger partial charge >= 0.3 is 0 Å². The van der Waals surface area contributed by atoms with Gasteiger partial charge in [0.2, 0.25) is 0 Å². The van der Waals surface area contributed by atoms with Crippen molar-refractivity contribution in [1.82, 2.24) is 4.90 Å². The van der Waals surface area contributed by atoms with Gasteiger partial charge in [-0.1, -0.05) is 48.9 Å². The van der Waals surface area contributed by atoms with Gasteiger partial charge in [0.15, 0.2) is 0 Å². The van der Waals surface area contributed by atoms with Crippen molar-refractivity contribution >= 4 is 10.8 Å². The Morgan fingerprint density at radius 1 is 1.10 bits per heavy atom. The molecule has 1 aliphatic heterocycles. The highest BCUT2D eigenvalue weighted by molar-refractivity contribution is 5.86. The second-order valence-corrected chi connectivity index (χ2v) is 6.74. The second-order valence-electron chi connectivity index (χ2n) is 6.74. The molecule has 0 unspecified atom stereocenters. The average molecular weight is 281 g/mol. The molecule has 2 heteroatoms. The highest BCUT2D eigenvalue weighted by Gasteiger charge is 2.44. The lowest BCUT2D eigenvalue weighted by atomic mass is 9.93. The summed E-state index contributed by atoms with van der Waals surface area (Å²) in [6, 6.07) is 15.6. The largest absolute Gasteiger partial charge is 0.387 e. The Kier molecular flexibility index (Phi) is 3.24. The highest BCUT2D eigenvalue weighted by atomic mass is 16.3. The molecule has 4 atom stereocenters. The zero-order valence-electron chi connectivity index (χ0n) is 12.6. The van der Waals surface area contributed by atoms with Crippen LogP contribution in [0.2, 0.25) is 0 Å². The number of aliphatic hydroxyl groups excluding tert-OH is 1. The predicted octanol–water partition coefficient (Wildman–Crippen LogP) is 3.75. The first-order chi connectivity index (χ1) is 10.3. The Morgan fingerprint density at radius 3 is 2.76 bits per heavy atom. The third kappa shape index (κ3) is 2.09. The van der Waals surface area contributed by atoms with Crippen LogP contribution < -0.4 is 0 Å². The normalized spacial score (nSPS) is 30.7. The summed E-state index contributed by atoms with van der Waals surface area (Å²) in [5.41, 5.74) is 1.09. The molecule has 2 fully saturated rings. The molecule has 2 aromatic carbocycles. The van der Waals surface area contributed by atoms with E-state index in [1.807, 2.05) is 0 Å². The molecule has 0 amide bonds. The number of nitrogens with zero attached hydrogens (tertiary/aromatic N) is 1. The summed E-state index contributed by atoms with van der Waals surface area (Å²) in [7, 11) is 2.20. The number of aliphatic hydroxyl groups is 1. The molecule has 0 bridgehead atoms. The Balaban J connectivity index is 1.69. The van der Waals surface area contributed by atoms with Gasteiger partial charge in [0, 0.05) is 12.1 Å². The van der Waals surface area contributed by atoms with Crippen molar-refractivity contribution in [2.24, 2.45) is 5.92 Å². The number of likely N-dealkylation sites (tertiary alicyclic amines) is 1. The Labute approximate surface area is 126 Å². The monoisotopic (exact) mass is 281 g/mol. The van der Waals surface area contributed by atoms with Crippen molar-refractivity contribution in [2.45, 2.75) is 43.9 Å². The molecule has 1 aliphatic carbocycles. The van der Waals surface area contributed by atoms with Crippen molar-refractivity contribution in [3.8, 4) is 0 Å². The second kappa shape index (κ2) is 5.11. The minimum Gasteiger partial charge on any atom is -0.387 e.